The van der Waals surface area contributed by atoms with Crippen molar-refractivity contribution in [1.82, 2.24) is 20.0 Å². The van der Waals surface area contributed by atoms with Crippen LogP contribution in [0, 0.1) is 5.92 Å². The third-order valence-corrected chi connectivity index (χ3v) is 5.18. The summed E-state index contributed by atoms with van der Waals surface area (Å²) in [6.07, 6.45) is 11.0. The lowest BCUT2D eigenvalue weighted by atomic mass is 9.89. The van der Waals surface area contributed by atoms with E-state index in [1.807, 2.05) is 17.9 Å². The third kappa shape index (κ3) is 3.49. The zero-order chi connectivity index (χ0) is 14.9. The van der Waals surface area contributed by atoms with E-state index in [0.29, 0.717) is 11.6 Å². The van der Waals surface area contributed by atoms with Gasteiger partial charge in [-0.3, -0.25) is 9.58 Å². The van der Waals surface area contributed by atoms with Crippen LogP contribution in [0.5, 0.6) is 0 Å². The minimum atomic E-state index is 0.399. The minimum Gasteiger partial charge on any atom is -0.308 e. The van der Waals surface area contributed by atoms with Gasteiger partial charge in [-0.15, -0.1) is 0 Å². The van der Waals surface area contributed by atoms with Gasteiger partial charge in [-0.25, -0.2) is 0 Å². The van der Waals surface area contributed by atoms with Crippen LogP contribution in [0.25, 0.3) is 0 Å². The molecule has 118 valence electrons. The SMILES string of the molecule is CC(C)CC1CNC2(CCCC2)CN1Cc1cnn(C)c1. The van der Waals surface area contributed by atoms with Crippen LogP contribution in [-0.2, 0) is 13.6 Å². The first-order valence-electron chi connectivity index (χ1n) is 8.53. The fourth-order valence-electron chi connectivity index (χ4n) is 4.17. The summed E-state index contributed by atoms with van der Waals surface area (Å²) in [4.78, 5) is 2.72. The topological polar surface area (TPSA) is 33.1 Å². The molecule has 4 heteroatoms. The second-order valence-electron chi connectivity index (χ2n) is 7.58. The fraction of sp³-hybridized carbons (Fsp3) is 0.824. The van der Waals surface area contributed by atoms with Crippen LogP contribution in [0.2, 0.25) is 0 Å². The normalized spacial score (nSPS) is 26.0. The molecule has 1 N–H and O–H groups in total. The van der Waals surface area contributed by atoms with Crippen molar-refractivity contribution >= 4 is 0 Å². The van der Waals surface area contributed by atoms with Gasteiger partial charge < -0.3 is 5.32 Å². The lowest BCUT2D eigenvalue weighted by Crippen LogP contribution is -2.62. The van der Waals surface area contributed by atoms with E-state index in [-0.39, 0.29) is 0 Å². The first-order chi connectivity index (χ1) is 10.1. The number of nitrogens with one attached hydrogen (secondary N) is 1. The van der Waals surface area contributed by atoms with Crippen LogP contribution in [0.4, 0.5) is 0 Å². The van der Waals surface area contributed by atoms with E-state index in [1.54, 1.807) is 0 Å². The molecular weight excluding hydrogens is 260 g/mol. The van der Waals surface area contributed by atoms with Gasteiger partial charge in [-0.1, -0.05) is 26.7 Å². The van der Waals surface area contributed by atoms with Crippen molar-refractivity contribution in [2.45, 2.75) is 64.1 Å². The highest BCUT2D eigenvalue weighted by atomic mass is 15.3. The van der Waals surface area contributed by atoms with Crippen LogP contribution in [0.1, 0.15) is 51.5 Å². The molecule has 1 atom stereocenters. The van der Waals surface area contributed by atoms with Crippen LogP contribution in [-0.4, -0.2) is 39.4 Å². The molecule has 0 radical (unpaired) electrons. The largest absolute Gasteiger partial charge is 0.308 e. The molecule has 0 bridgehead atoms. The summed E-state index contributed by atoms with van der Waals surface area (Å²) >= 11 is 0. The summed E-state index contributed by atoms with van der Waals surface area (Å²) < 4.78 is 1.92. The Morgan fingerprint density at radius 2 is 2.14 bits per heavy atom. The molecule has 21 heavy (non-hydrogen) atoms. The van der Waals surface area contributed by atoms with E-state index in [1.165, 1.54) is 44.2 Å². The molecule has 1 unspecified atom stereocenters. The number of aromatic nitrogens is 2. The smallest absolute Gasteiger partial charge is 0.0534 e. The molecule has 1 spiro atoms. The number of nitrogens with zero attached hydrogens (tertiary/aromatic N) is 3. The van der Waals surface area contributed by atoms with E-state index >= 15 is 0 Å². The van der Waals surface area contributed by atoms with Gasteiger partial charge in [0.2, 0.25) is 0 Å². The number of rotatable bonds is 4. The summed E-state index contributed by atoms with van der Waals surface area (Å²) in [6.45, 7) is 8.08. The van der Waals surface area contributed by atoms with Gasteiger partial charge in [0.15, 0.2) is 0 Å². The van der Waals surface area contributed by atoms with E-state index in [2.05, 4.69) is 35.4 Å². The number of hydrogen-bond acceptors (Lipinski definition) is 3. The Labute approximate surface area is 128 Å². The third-order valence-electron chi connectivity index (χ3n) is 5.18. The van der Waals surface area contributed by atoms with Crippen molar-refractivity contribution < 1.29 is 0 Å². The maximum absolute atomic E-state index is 4.33. The van der Waals surface area contributed by atoms with E-state index in [9.17, 15) is 0 Å². The molecule has 2 aliphatic rings. The van der Waals surface area contributed by atoms with Gasteiger partial charge in [0.25, 0.3) is 0 Å². The number of aryl methyl sites for hydroxylation is 1. The maximum Gasteiger partial charge on any atom is 0.0534 e. The second kappa shape index (κ2) is 6.09. The van der Waals surface area contributed by atoms with Gasteiger partial charge in [-0.2, -0.15) is 5.10 Å². The molecule has 0 amide bonds. The summed E-state index contributed by atoms with van der Waals surface area (Å²) in [5.41, 5.74) is 1.75. The fourth-order valence-corrected chi connectivity index (χ4v) is 4.17. The Bertz CT molecular complexity index is 459. The molecule has 2 fully saturated rings. The highest BCUT2D eigenvalue weighted by Gasteiger charge is 2.41. The average molecular weight is 290 g/mol. The van der Waals surface area contributed by atoms with E-state index < -0.39 is 0 Å². The predicted molar refractivity (Wildman–Crippen MR) is 86.1 cm³/mol. The molecule has 1 aliphatic heterocycles. The van der Waals surface area contributed by atoms with E-state index in [0.717, 1.165) is 19.0 Å². The zero-order valence-corrected chi connectivity index (χ0v) is 13.8. The lowest BCUT2D eigenvalue weighted by Gasteiger charge is -2.47. The van der Waals surface area contributed by atoms with Gasteiger partial charge in [0.1, 0.15) is 0 Å². The first-order valence-corrected chi connectivity index (χ1v) is 8.53. The van der Waals surface area contributed by atoms with Crippen molar-refractivity contribution in [3.63, 3.8) is 0 Å². The van der Waals surface area contributed by atoms with Crippen LogP contribution in [0.15, 0.2) is 12.4 Å². The highest BCUT2D eigenvalue weighted by Crippen LogP contribution is 2.34. The standard InChI is InChI=1S/C17H30N4/c1-14(2)8-16-10-18-17(6-4-5-7-17)13-21(16)12-15-9-19-20(3)11-15/h9,11,14,16,18H,4-8,10,12-13H2,1-3H3. The molecule has 1 saturated carbocycles. The van der Waals surface area contributed by atoms with Crippen LogP contribution < -0.4 is 5.32 Å². The summed E-state index contributed by atoms with van der Waals surface area (Å²) in [5.74, 6) is 0.755. The molecule has 1 aromatic heterocycles. The maximum atomic E-state index is 4.33. The van der Waals surface area contributed by atoms with Gasteiger partial charge in [0.05, 0.1) is 6.20 Å². The quantitative estimate of drug-likeness (QED) is 0.925. The molecule has 1 aromatic rings. The van der Waals surface area contributed by atoms with Crippen molar-refractivity contribution in [2.75, 3.05) is 13.1 Å². The number of piperazine rings is 1. The molecule has 2 heterocycles. The summed E-state index contributed by atoms with van der Waals surface area (Å²) in [5, 5.41) is 8.24. The lowest BCUT2D eigenvalue weighted by molar-refractivity contribution is 0.0630. The Morgan fingerprint density at radius 3 is 2.76 bits per heavy atom. The Kier molecular flexibility index (Phi) is 4.36. The molecule has 1 aliphatic carbocycles. The summed E-state index contributed by atoms with van der Waals surface area (Å²) in [7, 11) is 2.01. The van der Waals surface area contributed by atoms with Gasteiger partial charge in [0, 0.05) is 50.0 Å². The Balaban J connectivity index is 1.72. The molecule has 0 aromatic carbocycles. The van der Waals surface area contributed by atoms with E-state index in [4.69, 9.17) is 0 Å². The van der Waals surface area contributed by atoms with Crippen molar-refractivity contribution in [2.24, 2.45) is 13.0 Å². The van der Waals surface area contributed by atoms with Crippen molar-refractivity contribution in [3.8, 4) is 0 Å². The Morgan fingerprint density at radius 1 is 1.38 bits per heavy atom. The minimum absolute atomic E-state index is 0.399. The predicted octanol–water partition coefficient (Wildman–Crippen LogP) is 2.55. The monoisotopic (exact) mass is 290 g/mol. The Hall–Kier alpha value is -0.870. The first kappa shape index (κ1) is 15.0. The second-order valence-corrected chi connectivity index (χ2v) is 7.58. The number of hydrogen-bond donors (Lipinski definition) is 1. The molecular formula is C17H30N4. The van der Waals surface area contributed by atoms with Crippen molar-refractivity contribution in [3.05, 3.63) is 18.0 Å². The van der Waals surface area contributed by atoms with Crippen LogP contribution in [0.3, 0.4) is 0 Å². The van der Waals surface area contributed by atoms with Crippen LogP contribution >= 0.6 is 0 Å². The van der Waals surface area contributed by atoms with Crippen molar-refractivity contribution in [1.29, 1.82) is 0 Å². The zero-order valence-electron chi connectivity index (χ0n) is 13.8. The van der Waals surface area contributed by atoms with Gasteiger partial charge >= 0.3 is 0 Å². The molecule has 1 saturated heterocycles. The average Bonchev–Trinajstić information content (AvgIpc) is 3.03. The summed E-state index contributed by atoms with van der Waals surface area (Å²) in [6, 6.07) is 0.663. The van der Waals surface area contributed by atoms with Gasteiger partial charge in [-0.05, 0) is 25.2 Å². The molecule has 3 rings (SSSR count). The highest BCUT2D eigenvalue weighted by molar-refractivity contribution is 5.07. The molecule has 4 nitrogen and oxygen atoms in total.